The van der Waals surface area contributed by atoms with Gasteiger partial charge in [0.05, 0.1) is 6.10 Å². The molecule has 8 atom stereocenters. The summed E-state index contributed by atoms with van der Waals surface area (Å²) in [6.45, 7) is 7.66. The summed E-state index contributed by atoms with van der Waals surface area (Å²) in [6.07, 6.45) is 7.85. The first-order valence-electron chi connectivity index (χ1n) is 11.5. The highest BCUT2D eigenvalue weighted by Crippen LogP contribution is 2.68. The molecule has 0 aromatic rings. The molecule has 0 aromatic carbocycles. The van der Waals surface area contributed by atoms with Gasteiger partial charge in [-0.25, -0.2) is 0 Å². The lowest BCUT2D eigenvalue weighted by atomic mass is 9.44. The zero-order valence-corrected chi connectivity index (χ0v) is 19.7. The first kappa shape index (κ1) is 22.8. The molecule has 5 nitrogen and oxygen atoms in total. The van der Waals surface area contributed by atoms with E-state index in [0.717, 1.165) is 18.4 Å². The molecule has 0 unspecified atom stereocenters. The fourth-order valence-corrected chi connectivity index (χ4v) is 7.96. The molecule has 0 radical (unpaired) electrons. The molecular formula is C25H34O5S. The minimum atomic E-state index is -1.19. The number of fused-ring (bicyclic) bond motifs is 5. The van der Waals surface area contributed by atoms with Crippen LogP contribution in [0.25, 0.3) is 0 Å². The smallest absolute Gasteiger partial charge is 0.202 e. The zero-order chi connectivity index (χ0) is 22.8. The minimum absolute atomic E-state index is 0.0165. The number of allylic oxidation sites excluding steroid dienone is 4. The largest absolute Gasteiger partial charge is 0.472 e. The van der Waals surface area contributed by atoms with E-state index in [-0.39, 0.29) is 40.7 Å². The number of carbonyl (C=O) groups is 2. The Hall–Kier alpha value is -1.37. The van der Waals surface area contributed by atoms with Crippen molar-refractivity contribution < 1.29 is 24.5 Å². The van der Waals surface area contributed by atoms with Gasteiger partial charge in [-0.1, -0.05) is 39.3 Å². The second-order valence-electron chi connectivity index (χ2n) is 10.5. The number of Topliss-reactive ketones (excluding diaryl/α,β-unsaturated/α-hetero) is 1. The zero-order valence-electron chi connectivity index (χ0n) is 18.9. The maximum atomic E-state index is 13.1. The van der Waals surface area contributed by atoms with E-state index in [4.69, 9.17) is 17.0 Å². The SMILES string of the molecule is CCC(=S)O[C@]1(C(=O)CO)CC[C@H]2[C@@H]3C[C@H](C)C4=CC(=O)C=C[C@]4(C)[C@H]3[C@@H](O)C[C@@]21C. The molecule has 0 bridgehead atoms. The van der Waals surface area contributed by atoms with E-state index < -0.39 is 23.7 Å². The Morgan fingerprint density at radius 2 is 2.06 bits per heavy atom. The van der Waals surface area contributed by atoms with E-state index in [9.17, 15) is 19.8 Å². The quantitative estimate of drug-likeness (QED) is 0.643. The number of hydrogen-bond acceptors (Lipinski definition) is 6. The Bertz CT molecular complexity index is 877. The number of hydrogen-bond donors (Lipinski definition) is 2. The van der Waals surface area contributed by atoms with Gasteiger partial charge in [-0.3, -0.25) is 9.59 Å². The molecule has 170 valence electrons. The van der Waals surface area contributed by atoms with Crippen LogP contribution in [0.2, 0.25) is 0 Å². The molecule has 4 rings (SSSR count). The van der Waals surface area contributed by atoms with E-state index in [1.807, 2.05) is 13.0 Å². The Morgan fingerprint density at radius 3 is 2.71 bits per heavy atom. The highest BCUT2D eigenvalue weighted by molar-refractivity contribution is 7.80. The van der Waals surface area contributed by atoms with Gasteiger partial charge >= 0.3 is 0 Å². The van der Waals surface area contributed by atoms with Crippen LogP contribution in [0.4, 0.5) is 0 Å². The van der Waals surface area contributed by atoms with Crippen LogP contribution >= 0.6 is 12.2 Å². The number of carbonyl (C=O) groups excluding carboxylic acids is 2. The lowest BCUT2D eigenvalue weighted by Crippen LogP contribution is -2.63. The molecular weight excluding hydrogens is 412 g/mol. The van der Waals surface area contributed by atoms with E-state index in [0.29, 0.717) is 24.3 Å². The van der Waals surface area contributed by atoms with Crippen molar-refractivity contribution in [3.63, 3.8) is 0 Å². The standard InChI is InChI=1S/C25H34O5S/c1-5-21(31)30-25(20(29)13-26)9-7-17-16-10-14(2)18-11-15(27)6-8-23(18,3)22(16)19(28)12-24(17,25)4/h6,8,11,14,16-17,19,22,26,28H,5,7,9-10,12-13H2,1-4H3/t14-,16-,17-,19-,22+,23-,24-,25-/m0/s1. The second-order valence-corrected chi connectivity index (χ2v) is 11.0. The van der Waals surface area contributed by atoms with Crippen molar-refractivity contribution in [2.45, 2.75) is 71.5 Å². The molecule has 4 aliphatic rings. The summed E-state index contributed by atoms with van der Waals surface area (Å²) >= 11 is 5.38. The van der Waals surface area contributed by atoms with Crippen LogP contribution < -0.4 is 0 Å². The molecule has 6 heteroatoms. The highest BCUT2D eigenvalue weighted by Gasteiger charge is 2.70. The number of rotatable bonds is 4. The molecule has 2 N–H and O–H groups in total. The molecule has 31 heavy (non-hydrogen) atoms. The lowest BCUT2D eigenvalue weighted by molar-refractivity contribution is -0.176. The fourth-order valence-electron chi connectivity index (χ4n) is 7.81. The van der Waals surface area contributed by atoms with Gasteiger partial charge < -0.3 is 14.9 Å². The van der Waals surface area contributed by atoms with Gasteiger partial charge in [0.15, 0.2) is 16.4 Å². The summed E-state index contributed by atoms with van der Waals surface area (Å²) in [5.41, 5.74) is -1.06. The topological polar surface area (TPSA) is 83.8 Å². The lowest BCUT2D eigenvalue weighted by Gasteiger charge is -2.61. The summed E-state index contributed by atoms with van der Waals surface area (Å²) in [4.78, 5) is 25.2. The van der Waals surface area contributed by atoms with Crippen molar-refractivity contribution >= 4 is 28.8 Å². The van der Waals surface area contributed by atoms with Crippen LogP contribution in [0, 0.1) is 34.5 Å². The van der Waals surface area contributed by atoms with E-state index >= 15 is 0 Å². The first-order valence-corrected chi connectivity index (χ1v) is 11.9. The molecule has 3 saturated carbocycles. The maximum Gasteiger partial charge on any atom is 0.202 e. The fraction of sp³-hybridized carbons (Fsp3) is 0.720. The maximum absolute atomic E-state index is 13.1. The summed E-state index contributed by atoms with van der Waals surface area (Å²) in [5, 5.41) is 21.7. The molecule has 3 fully saturated rings. The van der Waals surface area contributed by atoms with Gasteiger partial charge in [0, 0.05) is 23.2 Å². The van der Waals surface area contributed by atoms with Crippen molar-refractivity contribution in [3.8, 4) is 0 Å². The van der Waals surface area contributed by atoms with E-state index in [2.05, 4.69) is 20.8 Å². The highest BCUT2D eigenvalue weighted by atomic mass is 32.1. The third kappa shape index (κ3) is 3.05. The number of aliphatic hydroxyl groups excluding tert-OH is 2. The first-order chi connectivity index (χ1) is 14.5. The summed E-state index contributed by atoms with van der Waals surface area (Å²) in [6, 6.07) is 0. The van der Waals surface area contributed by atoms with Crippen LogP contribution in [0.15, 0.2) is 23.8 Å². The van der Waals surface area contributed by atoms with Gasteiger partial charge in [-0.15, -0.1) is 0 Å². The number of ketones is 2. The molecule has 0 heterocycles. The number of ether oxygens (including phenoxy) is 1. The van der Waals surface area contributed by atoms with Crippen LogP contribution in [0.1, 0.15) is 59.8 Å². The number of aliphatic hydroxyl groups is 2. The van der Waals surface area contributed by atoms with E-state index in [1.54, 1.807) is 12.2 Å². The van der Waals surface area contributed by atoms with Gasteiger partial charge in [0.2, 0.25) is 5.78 Å². The summed E-state index contributed by atoms with van der Waals surface area (Å²) in [5.74, 6) is 0.241. The minimum Gasteiger partial charge on any atom is -0.472 e. The molecule has 0 aromatic heterocycles. The van der Waals surface area contributed by atoms with Gasteiger partial charge in [0.25, 0.3) is 0 Å². The van der Waals surface area contributed by atoms with Gasteiger partial charge in [-0.05, 0) is 67.8 Å². The Labute approximate surface area is 189 Å². The average molecular weight is 447 g/mol. The van der Waals surface area contributed by atoms with Gasteiger partial charge in [0.1, 0.15) is 6.61 Å². The van der Waals surface area contributed by atoms with Gasteiger partial charge in [-0.2, -0.15) is 0 Å². The summed E-state index contributed by atoms with van der Waals surface area (Å²) in [7, 11) is 0. The van der Waals surface area contributed by atoms with Crippen molar-refractivity contribution in [1.82, 2.24) is 0 Å². The molecule has 4 aliphatic carbocycles. The van der Waals surface area contributed by atoms with Crippen LogP contribution in [0.3, 0.4) is 0 Å². The Kier molecular flexibility index (Phi) is 5.59. The average Bonchev–Trinajstić information content (AvgIpc) is 3.01. The van der Waals surface area contributed by atoms with Crippen molar-refractivity contribution in [2.75, 3.05) is 6.61 Å². The monoisotopic (exact) mass is 446 g/mol. The Balaban J connectivity index is 1.79. The third-order valence-electron chi connectivity index (χ3n) is 9.11. The molecule has 0 saturated heterocycles. The van der Waals surface area contributed by atoms with Crippen LogP contribution in [0.5, 0.6) is 0 Å². The van der Waals surface area contributed by atoms with E-state index in [1.165, 1.54) is 0 Å². The Morgan fingerprint density at radius 1 is 1.35 bits per heavy atom. The second kappa shape index (κ2) is 7.60. The normalized spacial score (nSPS) is 45.9. The van der Waals surface area contributed by atoms with Crippen molar-refractivity contribution in [1.29, 1.82) is 0 Å². The molecule has 0 spiro atoms. The number of thiocarbonyl (C=S) groups is 1. The van der Waals surface area contributed by atoms with Crippen LogP contribution in [-0.4, -0.2) is 45.1 Å². The molecule has 0 amide bonds. The van der Waals surface area contributed by atoms with Crippen molar-refractivity contribution in [2.24, 2.45) is 34.5 Å². The third-order valence-corrected chi connectivity index (χ3v) is 9.48. The van der Waals surface area contributed by atoms with Crippen molar-refractivity contribution in [3.05, 3.63) is 23.8 Å². The van der Waals surface area contributed by atoms with Crippen LogP contribution in [-0.2, 0) is 14.3 Å². The summed E-state index contributed by atoms with van der Waals surface area (Å²) < 4.78 is 6.21. The predicted octanol–water partition coefficient (Wildman–Crippen LogP) is 3.57. The predicted molar refractivity (Wildman–Crippen MR) is 121 cm³/mol. The molecule has 0 aliphatic heterocycles.